The first-order chi connectivity index (χ1) is 17.7. The molecule has 2 amide bonds. The number of piperazine rings is 1. The highest BCUT2D eigenvalue weighted by atomic mass is 16.4. The molecule has 5 rings (SSSR count). The van der Waals surface area contributed by atoms with Crippen LogP contribution in [-0.4, -0.2) is 65.8 Å². The summed E-state index contributed by atoms with van der Waals surface area (Å²) in [6, 6.07) is 3.78. The van der Waals surface area contributed by atoms with Gasteiger partial charge < -0.3 is 24.6 Å². The van der Waals surface area contributed by atoms with Gasteiger partial charge >= 0.3 is 11.7 Å². The van der Waals surface area contributed by atoms with Crippen LogP contribution in [0.15, 0.2) is 27.6 Å². The van der Waals surface area contributed by atoms with Gasteiger partial charge in [-0.25, -0.2) is 9.59 Å². The quantitative estimate of drug-likeness (QED) is 0.604. The summed E-state index contributed by atoms with van der Waals surface area (Å²) >= 11 is 0. The van der Waals surface area contributed by atoms with Crippen LogP contribution in [0.1, 0.15) is 89.5 Å². The van der Waals surface area contributed by atoms with Gasteiger partial charge in [0.2, 0.25) is 0 Å². The summed E-state index contributed by atoms with van der Waals surface area (Å²) in [5, 5.41) is 15.8. The van der Waals surface area contributed by atoms with Gasteiger partial charge in [0, 0.05) is 43.7 Å². The molecule has 3 saturated carbocycles. The van der Waals surface area contributed by atoms with Crippen molar-refractivity contribution < 1.29 is 14.3 Å². The summed E-state index contributed by atoms with van der Waals surface area (Å²) < 4.78 is 5.23. The molecule has 7 nitrogen and oxygen atoms in total. The van der Waals surface area contributed by atoms with E-state index in [1.54, 1.807) is 6.26 Å². The maximum Gasteiger partial charge on any atom is 0.335 e. The Hall–Kier alpha value is -1.86. The summed E-state index contributed by atoms with van der Waals surface area (Å²) in [4.78, 5) is 28.7. The lowest BCUT2D eigenvalue weighted by atomic mass is 9.52. The molecule has 1 aromatic rings. The number of hydrogen-bond acceptors (Lipinski definition) is 5. The monoisotopic (exact) mass is 513 g/mol. The number of hydrogen-bond donors (Lipinski definition) is 2. The molecule has 1 aromatic heterocycles. The van der Waals surface area contributed by atoms with Crippen LogP contribution in [0.25, 0.3) is 0 Å². The molecule has 2 heterocycles. The number of amides is 2. The standard InChI is InChI=1S/C30H47N3O4/c1-21-8-10-23(31-28(35)33-18-16-32(3)17-19-33)6-4-5-7-26-24(21)12-14-29(2)25(13-15-30(26,29)36)22-9-11-27(34)37-20-22/h9,11,20-21,23-26,36H,4-8,10,12-19H2,1-3H3,(H,31,35). The van der Waals surface area contributed by atoms with E-state index in [4.69, 9.17) is 4.42 Å². The highest BCUT2D eigenvalue weighted by Gasteiger charge is 2.63. The van der Waals surface area contributed by atoms with Crippen LogP contribution < -0.4 is 10.9 Å². The predicted octanol–water partition coefficient (Wildman–Crippen LogP) is 4.60. The van der Waals surface area contributed by atoms with Gasteiger partial charge in [0.05, 0.1) is 11.9 Å². The van der Waals surface area contributed by atoms with Crippen molar-refractivity contribution in [1.29, 1.82) is 0 Å². The van der Waals surface area contributed by atoms with Gasteiger partial charge in [0.1, 0.15) is 0 Å². The van der Waals surface area contributed by atoms with Crippen molar-refractivity contribution in [2.24, 2.45) is 23.2 Å². The minimum absolute atomic E-state index is 0.108. The molecule has 7 atom stereocenters. The number of nitrogens with one attached hydrogen (secondary N) is 1. The molecule has 4 aliphatic rings. The Labute approximate surface area is 222 Å². The van der Waals surface area contributed by atoms with E-state index in [0.717, 1.165) is 96.0 Å². The van der Waals surface area contributed by atoms with Crippen molar-refractivity contribution in [2.45, 2.75) is 95.6 Å². The number of nitrogens with zero attached hydrogens (tertiary/aromatic N) is 2. The fourth-order valence-electron chi connectivity index (χ4n) is 8.52. The van der Waals surface area contributed by atoms with E-state index in [1.165, 1.54) is 6.07 Å². The van der Waals surface area contributed by atoms with Crippen molar-refractivity contribution >= 4 is 6.03 Å². The molecular weight excluding hydrogens is 466 g/mol. The highest BCUT2D eigenvalue weighted by Crippen LogP contribution is 2.66. The average Bonchev–Trinajstić information content (AvgIpc) is 3.16. The maximum atomic E-state index is 12.9. The van der Waals surface area contributed by atoms with Crippen LogP contribution in [0.5, 0.6) is 0 Å². The molecule has 0 aromatic carbocycles. The Morgan fingerprint density at radius 1 is 1.03 bits per heavy atom. The smallest absolute Gasteiger partial charge is 0.335 e. The lowest BCUT2D eigenvalue weighted by Crippen LogP contribution is -2.57. The minimum atomic E-state index is -0.681. The zero-order valence-corrected chi connectivity index (χ0v) is 23.1. The number of rotatable bonds is 2. The first-order valence-corrected chi connectivity index (χ1v) is 14.8. The third-order valence-electron chi connectivity index (χ3n) is 11.0. The van der Waals surface area contributed by atoms with Crippen molar-refractivity contribution in [3.63, 3.8) is 0 Å². The highest BCUT2D eigenvalue weighted by molar-refractivity contribution is 5.74. The van der Waals surface area contributed by atoms with Crippen LogP contribution in [0, 0.1) is 23.2 Å². The second-order valence-corrected chi connectivity index (χ2v) is 12.9. The molecule has 0 spiro atoms. The molecule has 0 bridgehead atoms. The predicted molar refractivity (Wildman–Crippen MR) is 144 cm³/mol. The van der Waals surface area contributed by atoms with Crippen molar-refractivity contribution in [2.75, 3.05) is 33.2 Å². The molecule has 4 fully saturated rings. The van der Waals surface area contributed by atoms with E-state index >= 15 is 0 Å². The van der Waals surface area contributed by atoms with Gasteiger partial charge in [0.25, 0.3) is 0 Å². The molecule has 7 unspecified atom stereocenters. The van der Waals surface area contributed by atoms with Crippen molar-refractivity contribution in [3.05, 3.63) is 34.4 Å². The Kier molecular flexibility index (Phi) is 7.75. The van der Waals surface area contributed by atoms with E-state index in [2.05, 4.69) is 31.1 Å². The van der Waals surface area contributed by atoms with Crippen LogP contribution in [0.2, 0.25) is 0 Å². The Morgan fingerprint density at radius 2 is 1.78 bits per heavy atom. The lowest BCUT2D eigenvalue weighted by Gasteiger charge is -2.56. The number of aliphatic hydroxyl groups is 1. The number of carbonyl (C=O) groups is 1. The fraction of sp³-hybridized carbons (Fsp3) is 0.800. The van der Waals surface area contributed by atoms with Gasteiger partial charge in [-0.15, -0.1) is 0 Å². The Balaban J connectivity index is 1.26. The van der Waals surface area contributed by atoms with E-state index in [9.17, 15) is 14.7 Å². The van der Waals surface area contributed by atoms with Gasteiger partial charge in [-0.1, -0.05) is 26.7 Å². The van der Waals surface area contributed by atoms with E-state index in [-0.39, 0.29) is 29.0 Å². The summed E-state index contributed by atoms with van der Waals surface area (Å²) in [6.07, 6.45) is 11.9. The molecule has 2 N–H and O–H groups in total. The number of fused-ring (bicyclic) bond motifs is 3. The molecular formula is C30H47N3O4. The van der Waals surface area contributed by atoms with Crippen molar-refractivity contribution in [3.8, 4) is 0 Å². The summed E-state index contributed by atoms with van der Waals surface area (Å²) in [5.41, 5.74) is -0.135. The number of carbonyl (C=O) groups excluding carboxylic acids is 1. The first-order valence-electron chi connectivity index (χ1n) is 14.8. The minimum Gasteiger partial charge on any atom is -0.431 e. The van der Waals surface area contributed by atoms with Gasteiger partial charge in [-0.3, -0.25) is 0 Å². The first kappa shape index (κ1) is 26.7. The summed E-state index contributed by atoms with van der Waals surface area (Å²) in [5.74, 6) is 1.56. The second-order valence-electron chi connectivity index (χ2n) is 12.9. The van der Waals surface area contributed by atoms with Gasteiger partial charge in [-0.05, 0) is 93.7 Å². The molecule has 37 heavy (non-hydrogen) atoms. The van der Waals surface area contributed by atoms with Gasteiger partial charge in [-0.2, -0.15) is 0 Å². The summed E-state index contributed by atoms with van der Waals surface area (Å²) in [6.45, 7) is 8.17. The zero-order chi connectivity index (χ0) is 26.2. The average molecular weight is 514 g/mol. The fourth-order valence-corrected chi connectivity index (χ4v) is 8.52. The van der Waals surface area contributed by atoms with Gasteiger partial charge in [0.15, 0.2) is 0 Å². The largest absolute Gasteiger partial charge is 0.431 e. The topological polar surface area (TPSA) is 86.0 Å². The van der Waals surface area contributed by atoms with Crippen LogP contribution in [-0.2, 0) is 0 Å². The lowest BCUT2D eigenvalue weighted by molar-refractivity contribution is -0.162. The molecule has 0 radical (unpaired) electrons. The third kappa shape index (κ3) is 5.10. The van der Waals surface area contributed by atoms with Crippen LogP contribution in [0.3, 0.4) is 0 Å². The molecule has 7 heteroatoms. The SMILES string of the molecule is CC1CCC(NC(=O)N2CCN(C)CC2)CCCCC2C1CCC1(C)C(c3ccc(=O)oc3)CCC21O. The molecule has 206 valence electrons. The second kappa shape index (κ2) is 10.7. The number of likely N-dealkylation sites (N-methyl/N-ethyl adjacent to an activating group) is 1. The van der Waals surface area contributed by atoms with E-state index in [0.29, 0.717) is 17.8 Å². The molecule has 1 aliphatic heterocycles. The third-order valence-corrected chi connectivity index (χ3v) is 11.0. The van der Waals surface area contributed by atoms with Crippen LogP contribution >= 0.6 is 0 Å². The molecule has 3 aliphatic carbocycles. The Bertz CT molecular complexity index is 984. The normalized spacial score (nSPS) is 39.5. The summed E-state index contributed by atoms with van der Waals surface area (Å²) in [7, 11) is 2.11. The molecule has 1 saturated heterocycles. The zero-order valence-electron chi connectivity index (χ0n) is 23.1. The van der Waals surface area contributed by atoms with Crippen molar-refractivity contribution in [1.82, 2.24) is 15.1 Å². The van der Waals surface area contributed by atoms with E-state index < -0.39 is 5.60 Å². The maximum absolute atomic E-state index is 12.9. The number of urea groups is 1. The van der Waals surface area contributed by atoms with E-state index in [1.807, 2.05) is 11.0 Å². The van der Waals surface area contributed by atoms with Crippen LogP contribution in [0.4, 0.5) is 4.79 Å². The Morgan fingerprint density at radius 3 is 2.51 bits per heavy atom.